The molecule has 0 saturated carbocycles. The van der Waals surface area contributed by atoms with Gasteiger partial charge in [-0.1, -0.05) is 43.3 Å². The van der Waals surface area contributed by atoms with Gasteiger partial charge >= 0.3 is 0 Å². The Labute approximate surface area is 144 Å². The Morgan fingerprint density at radius 3 is 2.67 bits per heavy atom. The number of carbonyl (C=O) groups is 1. The third-order valence-electron chi connectivity index (χ3n) is 4.95. The van der Waals surface area contributed by atoms with E-state index in [0.717, 1.165) is 32.4 Å². The van der Waals surface area contributed by atoms with E-state index < -0.39 is 0 Å². The van der Waals surface area contributed by atoms with Gasteiger partial charge in [-0.2, -0.15) is 0 Å². The molecule has 0 aromatic heterocycles. The van der Waals surface area contributed by atoms with E-state index in [1.165, 1.54) is 23.1 Å². The molecule has 126 valence electrons. The van der Waals surface area contributed by atoms with Crippen LogP contribution in [0.25, 0.3) is 0 Å². The van der Waals surface area contributed by atoms with Crippen molar-refractivity contribution in [3.8, 4) is 0 Å². The fourth-order valence-corrected chi connectivity index (χ4v) is 3.70. The lowest BCUT2D eigenvalue weighted by Gasteiger charge is -2.35. The summed E-state index contributed by atoms with van der Waals surface area (Å²) in [6, 6.07) is 17.1. The largest absolute Gasteiger partial charge is 0.366 e. The molecule has 24 heavy (non-hydrogen) atoms. The molecule has 2 N–H and O–H groups in total. The highest BCUT2D eigenvalue weighted by molar-refractivity contribution is 5.93. The number of aryl methyl sites for hydroxylation is 1. The molecule has 2 aromatic carbocycles. The summed E-state index contributed by atoms with van der Waals surface area (Å²) in [4.78, 5) is 14.1. The standard InChI is InChI=1S/C21H26N2O/c1-2-12-23(15-16-6-4-3-5-7-16)20-11-10-17-8-9-18(21(22)24)13-19(17)14-20/h3-9,13,20H,2,10-12,14-15H2,1H3,(H2,22,24). The van der Waals surface area contributed by atoms with Gasteiger partial charge in [-0.25, -0.2) is 0 Å². The van der Waals surface area contributed by atoms with E-state index in [1.807, 2.05) is 12.1 Å². The van der Waals surface area contributed by atoms with E-state index in [4.69, 9.17) is 5.73 Å². The van der Waals surface area contributed by atoms with Crippen LogP contribution in [-0.2, 0) is 19.4 Å². The van der Waals surface area contributed by atoms with Gasteiger partial charge < -0.3 is 5.73 Å². The Balaban J connectivity index is 1.77. The van der Waals surface area contributed by atoms with Crippen molar-refractivity contribution in [3.63, 3.8) is 0 Å². The van der Waals surface area contributed by atoms with Crippen molar-refractivity contribution in [2.24, 2.45) is 5.73 Å². The molecule has 1 aliphatic carbocycles. The number of nitrogens with two attached hydrogens (primary N) is 1. The van der Waals surface area contributed by atoms with Crippen molar-refractivity contribution < 1.29 is 4.79 Å². The van der Waals surface area contributed by atoms with Gasteiger partial charge in [-0.05, 0) is 61.1 Å². The SMILES string of the molecule is CCCN(Cc1ccccc1)C1CCc2ccc(C(N)=O)cc2C1. The molecule has 3 heteroatoms. The van der Waals surface area contributed by atoms with Gasteiger partial charge in [0.05, 0.1) is 0 Å². The molecule has 0 saturated heterocycles. The summed E-state index contributed by atoms with van der Waals surface area (Å²) in [7, 11) is 0. The molecule has 1 unspecified atom stereocenters. The molecule has 0 bridgehead atoms. The second kappa shape index (κ2) is 7.63. The average Bonchev–Trinajstić information content (AvgIpc) is 2.61. The van der Waals surface area contributed by atoms with E-state index in [1.54, 1.807) is 0 Å². The monoisotopic (exact) mass is 322 g/mol. The lowest BCUT2D eigenvalue weighted by atomic mass is 9.86. The molecule has 1 amide bonds. The number of carbonyl (C=O) groups excluding carboxylic acids is 1. The summed E-state index contributed by atoms with van der Waals surface area (Å²) < 4.78 is 0. The number of fused-ring (bicyclic) bond motifs is 1. The number of primary amides is 1. The predicted octanol–water partition coefficient (Wildman–Crippen LogP) is 3.56. The minimum atomic E-state index is -0.338. The summed E-state index contributed by atoms with van der Waals surface area (Å²) in [6.07, 6.45) is 4.41. The molecule has 3 nitrogen and oxygen atoms in total. The van der Waals surface area contributed by atoms with Crippen molar-refractivity contribution >= 4 is 5.91 Å². The highest BCUT2D eigenvalue weighted by atomic mass is 16.1. The molecule has 0 radical (unpaired) electrons. The maximum absolute atomic E-state index is 11.5. The molecule has 0 heterocycles. The second-order valence-corrected chi connectivity index (χ2v) is 6.70. The minimum Gasteiger partial charge on any atom is -0.366 e. The maximum atomic E-state index is 11.5. The lowest BCUT2D eigenvalue weighted by Crippen LogP contribution is -2.39. The van der Waals surface area contributed by atoms with Crippen LogP contribution in [0.1, 0.15) is 46.8 Å². The Kier molecular flexibility index (Phi) is 5.31. The van der Waals surface area contributed by atoms with E-state index in [2.05, 4.69) is 48.2 Å². The van der Waals surface area contributed by atoms with Crippen LogP contribution in [0.3, 0.4) is 0 Å². The second-order valence-electron chi connectivity index (χ2n) is 6.70. The van der Waals surface area contributed by atoms with Crippen molar-refractivity contribution in [2.45, 2.75) is 45.2 Å². The van der Waals surface area contributed by atoms with Gasteiger partial charge in [-0.15, -0.1) is 0 Å². The van der Waals surface area contributed by atoms with E-state index in [0.29, 0.717) is 11.6 Å². The fourth-order valence-electron chi connectivity index (χ4n) is 3.70. The zero-order valence-electron chi connectivity index (χ0n) is 14.4. The number of hydrogen-bond donors (Lipinski definition) is 1. The van der Waals surface area contributed by atoms with Gasteiger partial charge in [0.1, 0.15) is 0 Å². The molecule has 0 fully saturated rings. The first-order valence-electron chi connectivity index (χ1n) is 8.87. The van der Waals surface area contributed by atoms with E-state index in [9.17, 15) is 4.79 Å². The highest BCUT2D eigenvalue weighted by Crippen LogP contribution is 2.26. The van der Waals surface area contributed by atoms with Gasteiger partial charge in [0.25, 0.3) is 0 Å². The minimum absolute atomic E-state index is 0.338. The normalized spacial score (nSPS) is 16.8. The summed E-state index contributed by atoms with van der Waals surface area (Å²) in [5.41, 5.74) is 10.1. The topological polar surface area (TPSA) is 46.3 Å². The van der Waals surface area contributed by atoms with Crippen LogP contribution in [0.15, 0.2) is 48.5 Å². The zero-order valence-corrected chi connectivity index (χ0v) is 14.4. The van der Waals surface area contributed by atoms with Crippen molar-refractivity contribution in [1.29, 1.82) is 0 Å². The average molecular weight is 322 g/mol. The predicted molar refractivity (Wildman–Crippen MR) is 97.9 cm³/mol. The molecule has 0 spiro atoms. The number of benzene rings is 2. The van der Waals surface area contributed by atoms with Gasteiger partial charge in [0.15, 0.2) is 0 Å². The number of nitrogens with zero attached hydrogens (tertiary/aromatic N) is 1. The first-order valence-corrected chi connectivity index (χ1v) is 8.87. The Morgan fingerprint density at radius 2 is 1.96 bits per heavy atom. The molecule has 1 aliphatic rings. The maximum Gasteiger partial charge on any atom is 0.248 e. The Bertz CT molecular complexity index is 696. The van der Waals surface area contributed by atoms with Gasteiger partial charge in [-0.3, -0.25) is 9.69 Å². The first kappa shape index (κ1) is 16.7. The van der Waals surface area contributed by atoms with Crippen LogP contribution in [0.4, 0.5) is 0 Å². The summed E-state index contributed by atoms with van der Waals surface area (Å²) in [6.45, 7) is 4.33. The molecular weight excluding hydrogens is 296 g/mol. The highest BCUT2D eigenvalue weighted by Gasteiger charge is 2.24. The van der Waals surface area contributed by atoms with Crippen LogP contribution in [0.5, 0.6) is 0 Å². The van der Waals surface area contributed by atoms with Crippen LogP contribution < -0.4 is 5.73 Å². The summed E-state index contributed by atoms with van der Waals surface area (Å²) in [5, 5.41) is 0. The van der Waals surface area contributed by atoms with Gasteiger partial charge in [0.2, 0.25) is 5.91 Å². The molecular formula is C21H26N2O. The van der Waals surface area contributed by atoms with Crippen molar-refractivity contribution in [1.82, 2.24) is 4.90 Å². The van der Waals surface area contributed by atoms with Crippen molar-refractivity contribution in [2.75, 3.05) is 6.54 Å². The first-order chi connectivity index (χ1) is 11.7. The number of rotatable bonds is 6. The number of amides is 1. The summed E-state index contributed by atoms with van der Waals surface area (Å²) in [5.74, 6) is -0.338. The molecule has 2 aromatic rings. The van der Waals surface area contributed by atoms with E-state index in [-0.39, 0.29) is 5.91 Å². The zero-order chi connectivity index (χ0) is 16.9. The number of hydrogen-bond acceptors (Lipinski definition) is 2. The lowest BCUT2D eigenvalue weighted by molar-refractivity contribution is 0.1000. The van der Waals surface area contributed by atoms with Crippen LogP contribution in [-0.4, -0.2) is 23.4 Å². The Hall–Kier alpha value is -2.13. The molecule has 1 atom stereocenters. The third kappa shape index (κ3) is 3.85. The van der Waals surface area contributed by atoms with Crippen LogP contribution in [0, 0.1) is 0 Å². The van der Waals surface area contributed by atoms with Gasteiger partial charge in [0, 0.05) is 18.2 Å². The molecule has 0 aliphatic heterocycles. The Morgan fingerprint density at radius 1 is 1.17 bits per heavy atom. The van der Waals surface area contributed by atoms with Crippen LogP contribution >= 0.6 is 0 Å². The quantitative estimate of drug-likeness (QED) is 0.884. The fraction of sp³-hybridized carbons (Fsp3) is 0.381. The summed E-state index contributed by atoms with van der Waals surface area (Å²) >= 11 is 0. The smallest absolute Gasteiger partial charge is 0.248 e. The van der Waals surface area contributed by atoms with E-state index >= 15 is 0 Å². The van der Waals surface area contributed by atoms with Crippen LogP contribution in [0.2, 0.25) is 0 Å². The third-order valence-corrected chi connectivity index (χ3v) is 4.95. The molecule has 3 rings (SSSR count). The van der Waals surface area contributed by atoms with Crippen molar-refractivity contribution in [3.05, 3.63) is 70.8 Å².